The highest BCUT2D eigenvalue weighted by Crippen LogP contribution is 2.30. The molecule has 1 saturated heterocycles. The highest BCUT2D eigenvalue weighted by atomic mass is 35.6. The van der Waals surface area contributed by atoms with Crippen LogP contribution in [-0.4, -0.2) is 342 Å². The maximum Gasteiger partial charge on any atom is 0.377 e. The van der Waals surface area contributed by atoms with E-state index in [0.29, 0.717) is 0 Å². The number of hydrogen-bond acceptors (Lipinski definition) is 50. The van der Waals surface area contributed by atoms with Crippen molar-refractivity contribution < 1.29 is 231 Å². The first-order valence-electron chi connectivity index (χ1n) is 41.7. The highest BCUT2D eigenvalue weighted by molar-refractivity contribution is 6.67. The van der Waals surface area contributed by atoms with Crippen molar-refractivity contribution in [1.82, 2.24) is 0 Å². The molecule has 54 nitrogen and oxygen atoms in total. The van der Waals surface area contributed by atoms with Crippen LogP contribution in [0.1, 0.15) is 141 Å². The number of nitrogens with two attached hydrogens (primary N) is 7. The summed E-state index contributed by atoms with van der Waals surface area (Å²) in [4.78, 5) is 260. The molecule has 7 atom stereocenters. The fourth-order valence-corrected chi connectivity index (χ4v) is 9.29. The molecule has 3 rings (SSSR count). The minimum atomic E-state index is -1.65. The topological polar surface area (TPSA) is 947 Å². The van der Waals surface area contributed by atoms with Gasteiger partial charge in [-0.3, -0.25) is 105 Å². The summed E-state index contributed by atoms with van der Waals surface area (Å²) in [7, 11) is 0. The number of aliphatic hydroxyl groups is 7. The number of rotatable bonds is 61. The molecule has 2 aliphatic rings. The van der Waals surface area contributed by atoms with E-state index in [0.717, 1.165) is 0 Å². The zero-order chi connectivity index (χ0) is 105. The molecule has 57 heteroatoms. The lowest BCUT2D eigenvalue weighted by atomic mass is 9.99. The van der Waals surface area contributed by atoms with Crippen LogP contribution in [0.15, 0.2) is 29.7 Å². The zero-order valence-electron chi connectivity index (χ0n) is 75.0. The van der Waals surface area contributed by atoms with Crippen molar-refractivity contribution in [2.24, 2.45) is 40.1 Å². The van der Waals surface area contributed by atoms with Gasteiger partial charge in [0.2, 0.25) is 15.8 Å². The number of Topliss-reactive ketones (excluding diaryl/α,β-unsaturated/α-hetero) is 11. The number of cyclic esters (lactones) is 1. The number of esters is 12. The number of hydrogen-bond donors (Lipinski definition) is 18. The first-order chi connectivity index (χ1) is 64.5. The third-order valence-electron chi connectivity index (χ3n) is 16.9. The Hall–Kier alpha value is -11.2. The molecular formula is C80H124Cl3N11O43+4. The quantitative estimate of drug-likeness (QED) is 0.00947. The number of carbonyl (C=O) groups excluding carboxylic acids is 23. The Labute approximate surface area is 796 Å². The SMILES string of the molecule is NCC(=O)CCC(=O)OC1OC(CO)C(O)C(O)C1O.NCC(=O)CCC(=O)OCC(COC(=O)CCC(=O)CN)OC(=O)CCC(=O)CN.NCC(=O)CCC(=O)OCC(O)C1OC(=O)C(O)=C1O.NCC(=O)CCC(=O)OCCOC(=O)CCC(=O)CN.[NH3+]CC(=O)CCC(=O)OCC(Cl)(Cl)Cl.[NH3+]CC(=O)CCC(=O)Oc1cc(OC(=O)CCC(=O)C[NH3+])cc(OC(=O)CCC(=O)C[NH3+])c1. The van der Waals surface area contributed by atoms with E-state index in [1.165, 1.54) is 18.2 Å². The van der Waals surface area contributed by atoms with E-state index in [-0.39, 0.29) is 314 Å². The Morgan fingerprint density at radius 3 is 0.912 bits per heavy atom. The maximum absolute atomic E-state index is 12.0. The van der Waals surface area contributed by atoms with Gasteiger partial charge in [-0.2, -0.15) is 0 Å². The molecule has 0 aliphatic carbocycles. The summed E-state index contributed by atoms with van der Waals surface area (Å²) >= 11 is 16.0. The normalized spacial score (nSPS) is 15.1. The second kappa shape index (κ2) is 75.8. The largest absolute Gasteiger partial charge is 0.505 e. The lowest BCUT2D eigenvalue weighted by molar-refractivity contribution is -0.354. The average molecular weight is 2030 g/mol. The third kappa shape index (κ3) is 66.8. The molecule has 1 fully saturated rings. The van der Waals surface area contributed by atoms with Crippen molar-refractivity contribution in [3.63, 3.8) is 0 Å². The molecule has 2 heterocycles. The van der Waals surface area contributed by atoms with Crippen molar-refractivity contribution in [3.8, 4) is 17.2 Å². The monoisotopic (exact) mass is 2030 g/mol. The van der Waals surface area contributed by atoms with Crippen molar-refractivity contribution in [2.75, 3.05) is 118 Å². The summed E-state index contributed by atoms with van der Waals surface area (Å²) in [6.45, 7) is -3.41. The zero-order valence-corrected chi connectivity index (χ0v) is 77.2. The van der Waals surface area contributed by atoms with Crippen molar-refractivity contribution >= 4 is 170 Å². The molecule has 0 bridgehead atoms. The van der Waals surface area contributed by atoms with Gasteiger partial charge in [-0.05, 0) is 0 Å². The lowest BCUT2D eigenvalue weighted by Gasteiger charge is -2.39. The van der Waals surface area contributed by atoms with Gasteiger partial charge in [-0.15, -0.1) is 0 Å². The number of ether oxygens (including phenoxy) is 13. The van der Waals surface area contributed by atoms with E-state index in [1.54, 1.807) is 0 Å². The van der Waals surface area contributed by atoms with Crippen molar-refractivity contribution in [3.05, 3.63) is 29.7 Å². The van der Waals surface area contributed by atoms with Crippen LogP contribution < -0.4 is 77.3 Å². The molecule has 2 aliphatic heterocycles. The van der Waals surface area contributed by atoms with Crippen LogP contribution in [0.5, 0.6) is 17.2 Å². The predicted molar refractivity (Wildman–Crippen MR) is 458 cm³/mol. The Morgan fingerprint density at radius 1 is 0.365 bits per heavy atom. The Morgan fingerprint density at radius 2 is 0.635 bits per heavy atom. The van der Waals surface area contributed by atoms with Gasteiger partial charge in [0, 0.05) is 88.8 Å². The molecule has 33 N–H and O–H groups in total. The molecule has 0 aromatic heterocycles. The number of quaternary nitrogens is 4. The van der Waals surface area contributed by atoms with Gasteiger partial charge < -0.3 is 160 Å². The summed E-state index contributed by atoms with van der Waals surface area (Å²) in [6, 6.07) is 3.68. The van der Waals surface area contributed by atoms with Crippen LogP contribution >= 0.6 is 34.8 Å². The van der Waals surface area contributed by atoms with Crippen molar-refractivity contribution in [1.29, 1.82) is 0 Å². The number of alkyl halides is 3. The summed E-state index contributed by atoms with van der Waals surface area (Å²) in [6.07, 6.45) is -13.8. The van der Waals surface area contributed by atoms with E-state index in [4.69, 9.17) is 133 Å². The maximum atomic E-state index is 12.0. The first-order valence-corrected chi connectivity index (χ1v) is 42.9. The fraction of sp³-hybridized carbons (Fsp3) is 0.613. The molecule has 774 valence electrons. The number of aliphatic hydroxyl groups excluding tert-OH is 7. The van der Waals surface area contributed by atoms with E-state index < -0.39 is 162 Å². The summed E-state index contributed by atoms with van der Waals surface area (Å²) < 4.78 is 61.8. The van der Waals surface area contributed by atoms with Crippen molar-refractivity contribution in [2.45, 2.75) is 194 Å². The second-order valence-corrected chi connectivity index (χ2v) is 30.6. The molecule has 0 saturated carbocycles. The third-order valence-corrected chi connectivity index (χ3v) is 17.2. The smallest absolute Gasteiger partial charge is 0.377 e. The summed E-state index contributed by atoms with van der Waals surface area (Å²) in [5.74, 6) is -13.7. The molecule has 7 unspecified atom stereocenters. The highest BCUT2D eigenvalue weighted by Gasteiger charge is 2.46. The van der Waals surface area contributed by atoms with Crippen LogP contribution in [0, 0.1) is 0 Å². The minimum absolute atomic E-state index is 0.00486. The second-order valence-electron chi connectivity index (χ2n) is 28.1. The number of halogens is 3. The van der Waals surface area contributed by atoms with Gasteiger partial charge in [-0.1, -0.05) is 34.8 Å². The average Bonchev–Trinajstić information content (AvgIpc) is 1.81. The van der Waals surface area contributed by atoms with Gasteiger partial charge in [-0.25, -0.2) is 4.79 Å². The van der Waals surface area contributed by atoms with Crippen LogP contribution in [-0.2, 0) is 158 Å². The Balaban J connectivity index is -0.00000161. The number of benzene rings is 1. The number of carbonyl (C=O) groups is 23. The van der Waals surface area contributed by atoms with Gasteiger partial charge >= 0.3 is 71.6 Å². The van der Waals surface area contributed by atoms with Crippen LogP contribution in [0.3, 0.4) is 0 Å². The van der Waals surface area contributed by atoms with E-state index in [9.17, 15) is 136 Å². The summed E-state index contributed by atoms with van der Waals surface area (Å²) in [5.41, 5.74) is 49.5. The number of ketones is 11. The van der Waals surface area contributed by atoms with Gasteiger partial charge in [0.1, 0.15) is 154 Å². The van der Waals surface area contributed by atoms with E-state index in [1.807, 2.05) is 0 Å². The molecule has 1 aromatic rings. The molecule has 137 heavy (non-hydrogen) atoms. The molecule has 0 radical (unpaired) electrons. The first kappa shape index (κ1) is 130. The predicted octanol–water partition coefficient (Wildman–Crippen LogP) is -10.6. The minimum Gasteiger partial charge on any atom is -0.505 e. The Bertz CT molecular complexity index is 3970. The molecule has 1 aromatic carbocycles. The van der Waals surface area contributed by atoms with Crippen LogP contribution in [0.4, 0.5) is 0 Å². The molecule has 0 spiro atoms. The van der Waals surface area contributed by atoms with Gasteiger partial charge in [0.15, 0.2) is 41.1 Å². The lowest BCUT2D eigenvalue weighted by Crippen LogP contribution is -2.59. The summed E-state index contributed by atoms with van der Waals surface area (Å²) in [5, 5.41) is 65.5. The van der Waals surface area contributed by atoms with E-state index in [2.05, 4.69) is 37.1 Å². The Kier molecular flexibility index (Phi) is 71.9. The van der Waals surface area contributed by atoms with E-state index >= 15 is 0 Å². The van der Waals surface area contributed by atoms with Crippen LogP contribution in [0.25, 0.3) is 0 Å². The molecular weight excluding hydrogens is 1910 g/mol. The van der Waals surface area contributed by atoms with Gasteiger partial charge in [0.05, 0.1) is 123 Å². The fourth-order valence-electron chi connectivity index (χ4n) is 9.13. The molecule has 0 amide bonds. The standard InChI is InChI=1S/C21H27N3O9.C18H29N3O9.C12H20N2O6.C11H15NO8.C11H19NO8.C7H10Cl3NO3/c22-10-13(25)1-4-19(28)31-16-7-17(32-20(29)5-2-14(26)11-23)9-18(8-16)33-21(30)6-3-15(27)12-24;19-7-12(22)1-4-16(25)28-10-15(30-18(27)6-3-14(24)9-21)11-29-17(26)5-2-13(23)8-20;13-7-9(15)1-3-11(17)19-5-6-20-12(18)4-2-10(16)8-14;12-3-5(13)1-2-7(15)19-4-6(14)10-8(16)9(17)11(18)20-10;12-3-5(14)1-2-7(15)20-11-10(18)9(17)8(16)6(4-13)19-11;8-7(9,10)4-14-6(13)2-1-5(12)3-11/h7-9H,1-6,10-12,22-24H2;15H,1-11,19-21H2;1-8,13-14H2;6,10,14,16-17H,1-4,12H2;6,8-11,13,16-18H,1-4,12H2;1-4,11H2/p+4. The van der Waals surface area contributed by atoms with Crippen LogP contribution in [0.2, 0.25) is 0 Å². The van der Waals surface area contributed by atoms with Gasteiger partial charge in [0.25, 0.3) is 0 Å².